The van der Waals surface area contributed by atoms with Crippen molar-refractivity contribution in [3.05, 3.63) is 35.4 Å². The highest BCUT2D eigenvalue weighted by atomic mass is 19.1. The fraction of sp³-hybridized carbons (Fsp3) is 0.333. The minimum absolute atomic E-state index is 0.269. The molecule has 78 valence electrons. The van der Waals surface area contributed by atoms with Gasteiger partial charge < -0.3 is 15.9 Å². The van der Waals surface area contributed by atoms with Crippen molar-refractivity contribution in [1.82, 2.24) is 0 Å². The molecule has 1 rings (SSSR count). The maximum absolute atomic E-state index is 13.0. The predicted octanol–water partition coefficient (Wildman–Crippen LogP) is 0.318. The van der Waals surface area contributed by atoms with Gasteiger partial charge in [0.2, 0.25) is 0 Å². The third-order valence-electron chi connectivity index (χ3n) is 1.90. The second-order valence-corrected chi connectivity index (χ2v) is 2.88. The molecule has 5 heteroatoms. The molecule has 0 saturated carbocycles. The molecule has 0 radical (unpaired) electrons. The molecule has 0 amide bonds. The van der Waals surface area contributed by atoms with Crippen LogP contribution < -0.4 is 5.73 Å². The Balaban J connectivity index is 3.05. The summed E-state index contributed by atoms with van der Waals surface area (Å²) in [4.78, 5) is 0. The van der Waals surface area contributed by atoms with Crippen molar-refractivity contribution >= 4 is 0 Å². The first-order chi connectivity index (χ1) is 6.57. The van der Waals surface area contributed by atoms with Crippen molar-refractivity contribution in [3.8, 4) is 0 Å². The van der Waals surface area contributed by atoms with Gasteiger partial charge in [0.25, 0.3) is 0 Å². The van der Waals surface area contributed by atoms with Crippen LogP contribution >= 0.6 is 0 Å². The topological polar surface area (TPSA) is 66.5 Å². The maximum atomic E-state index is 13.0. The number of nitrogens with two attached hydrogens (primary N) is 1. The van der Waals surface area contributed by atoms with Gasteiger partial charge in [0.1, 0.15) is 17.7 Å². The van der Waals surface area contributed by atoms with Crippen molar-refractivity contribution in [3.63, 3.8) is 0 Å². The van der Waals surface area contributed by atoms with E-state index in [-0.39, 0.29) is 6.54 Å². The summed E-state index contributed by atoms with van der Waals surface area (Å²) >= 11 is 0. The summed E-state index contributed by atoms with van der Waals surface area (Å²) in [6.07, 6.45) is -3.01. The summed E-state index contributed by atoms with van der Waals surface area (Å²) in [6, 6.07) is 3.19. The molecule has 0 fully saturated rings. The third kappa shape index (κ3) is 2.06. The van der Waals surface area contributed by atoms with E-state index in [2.05, 4.69) is 0 Å². The van der Waals surface area contributed by atoms with Crippen LogP contribution in [0.25, 0.3) is 0 Å². The van der Waals surface area contributed by atoms with Gasteiger partial charge in [0, 0.05) is 6.54 Å². The summed E-state index contributed by atoms with van der Waals surface area (Å²) in [6.45, 7) is -0.269. The fourth-order valence-corrected chi connectivity index (χ4v) is 1.11. The average Bonchev–Trinajstić information content (AvgIpc) is 2.16. The Morgan fingerprint density at radius 2 is 1.71 bits per heavy atom. The normalized spacial score (nSPS) is 15.2. The highest BCUT2D eigenvalue weighted by molar-refractivity contribution is 5.22. The highest BCUT2D eigenvalue weighted by Crippen LogP contribution is 2.22. The molecule has 0 heterocycles. The van der Waals surface area contributed by atoms with E-state index in [1.54, 1.807) is 0 Å². The van der Waals surface area contributed by atoms with Crippen LogP contribution in [0.3, 0.4) is 0 Å². The number of rotatable bonds is 3. The predicted molar refractivity (Wildman–Crippen MR) is 46.4 cm³/mol. The van der Waals surface area contributed by atoms with Crippen molar-refractivity contribution in [2.75, 3.05) is 6.54 Å². The Labute approximate surface area is 79.8 Å². The number of aliphatic hydroxyl groups excluding tert-OH is 2. The Morgan fingerprint density at radius 1 is 1.21 bits per heavy atom. The summed E-state index contributed by atoms with van der Waals surface area (Å²) in [5.74, 6) is -1.80. The molecule has 0 aliphatic heterocycles. The monoisotopic (exact) mass is 203 g/mol. The van der Waals surface area contributed by atoms with E-state index in [4.69, 9.17) is 10.8 Å². The first-order valence-electron chi connectivity index (χ1n) is 4.08. The van der Waals surface area contributed by atoms with Crippen LogP contribution in [0, 0.1) is 11.6 Å². The van der Waals surface area contributed by atoms with Crippen LogP contribution in [-0.4, -0.2) is 22.9 Å². The van der Waals surface area contributed by atoms with Gasteiger partial charge >= 0.3 is 0 Å². The number of hydrogen-bond acceptors (Lipinski definition) is 3. The summed E-state index contributed by atoms with van der Waals surface area (Å²) in [7, 11) is 0. The van der Waals surface area contributed by atoms with Gasteiger partial charge in [0.05, 0.1) is 11.7 Å². The van der Waals surface area contributed by atoms with E-state index in [0.29, 0.717) is 0 Å². The second-order valence-electron chi connectivity index (χ2n) is 2.88. The van der Waals surface area contributed by atoms with E-state index in [1.165, 1.54) is 6.07 Å². The van der Waals surface area contributed by atoms with E-state index in [9.17, 15) is 13.9 Å². The molecule has 0 aliphatic rings. The first kappa shape index (κ1) is 11.0. The molecule has 0 aromatic heterocycles. The van der Waals surface area contributed by atoms with Crippen molar-refractivity contribution < 1.29 is 19.0 Å². The minimum Gasteiger partial charge on any atom is -0.389 e. The quantitative estimate of drug-likeness (QED) is 0.662. The fourth-order valence-electron chi connectivity index (χ4n) is 1.11. The van der Waals surface area contributed by atoms with Gasteiger partial charge in [-0.15, -0.1) is 0 Å². The Bertz CT molecular complexity index is 299. The Morgan fingerprint density at radius 3 is 2.14 bits per heavy atom. The maximum Gasteiger partial charge on any atom is 0.132 e. The van der Waals surface area contributed by atoms with Crippen LogP contribution in [0.1, 0.15) is 11.7 Å². The molecule has 0 aliphatic carbocycles. The van der Waals surface area contributed by atoms with E-state index < -0.39 is 29.4 Å². The number of halogens is 2. The van der Waals surface area contributed by atoms with Gasteiger partial charge in [0.15, 0.2) is 0 Å². The van der Waals surface area contributed by atoms with Crippen molar-refractivity contribution in [2.24, 2.45) is 5.73 Å². The summed E-state index contributed by atoms with van der Waals surface area (Å²) < 4.78 is 26.1. The van der Waals surface area contributed by atoms with E-state index in [0.717, 1.165) is 12.1 Å². The van der Waals surface area contributed by atoms with Crippen molar-refractivity contribution in [2.45, 2.75) is 12.2 Å². The largest absolute Gasteiger partial charge is 0.389 e. The molecular weight excluding hydrogens is 192 g/mol. The third-order valence-corrected chi connectivity index (χ3v) is 1.90. The minimum atomic E-state index is -1.64. The first-order valence-corrected chi connectivity index (χ1v) is 4.08. The van der Waals surface area contributed by atoms with Crippen LogP contribution in [0.2, 0.25) is 0 Å². The van der Waals surface area contributed by atoms with E-state index in [1.807, 2.05) is 0 Å². The van der Waals surface area contributed by atoms with Gasteiger partial charge in [-0.3, -0.25) is 0 Å². The lowest BCUT2D eigenvalue weighted by Crippen LogP contribution is -2.28. The lowest BCUT2D eigenvalue weighted by molar-refractivity contribution is 0.0199. The number of aliphatic hydroxyl groups is 2. The van der Waals surface area contributed by atoms with Crippen LogP contribution in [0.4, 0.5) is 8.78 Å². The zero-order valence-corrected chi connectivity index (χ0v) is 7.32. The molecule has 0 saturated heterocycles. The molecule has 0 bridgehead atoms. The summed E-state index contributed by atoms with van der Waals surface area (Å²) in [5.41, 5.74) is 4.51. The van der Waals surface area contributed by atoms with Crippen LogP contribution in [0.15, 0.2) is 18.2 Å². The van der Waals surface area contributed by atoms with Gasteiger partial charge in [-0.1, -0.05) is 6.07 Å². The number of benzene rings is 1. The molecule has 2 unspecified atom stereocenters. The van der Waals surface area contributed by atoms with Gasteiger partial charge in [-0.05, 0) is 12.1 Å². The average molecular weight is 203 g/mol. The molecule has 0 spiro atoms. The summed E-state index contributed by atoms with van der Waals surface area (Å²) in [5, 5.41) is 18.5. The molecule has 1 aromatic carbocycles. The smallest absolute Gasteiger partial charge is 0.132 e. The SMILES string of the molecule is NCC(O)C(O)c1c(F)cccc1F. The highest BCUT2D eigenvalue weighted by Gasteiger charge is 2.23. The zero-order chi connectivity index (χ0) is 10.7. The molecular formula is C9H11F2NO2. The van der Waals surface area contributed by atoms with Crippen LogP contribution in [-0.2, 0) is 0 Å². The standard InChI is InChI=1S/C9H11F2NO2/c10-5-2-1-3-6(11)8(5)9(14)7(13)4-12/h1-3,7,9,13-14H,4,12H2. The molecule has 2 atom stereocenters. The Hall–Kier alpha value is -1.04. The molecule has 3 nitrogen and oxygen atoms in total. The van der Waals surface area contributed by atoms with Gasteiger partial charge in [-0.25, -0.2) is 8.78 Å². The van der Waals surface area contributed by atoms with Crippen LogP contribution in [0.5, 0.6) is 0 Å². The number of hydrogen-bond donors (Lipinski definition) is 3. The second kappa shape index (κ2) is 4.45. The van der Waals surface area contributed by atoms with E-state index >= 15 is 0 Å². The Kier molecular flexibility index (Phi) is 3.51. The lowest BCUT2D eigenvalue weighted by Gasteiger charge is -2.17. The van der Waals surface area contributed by atoms with Crippen molar-refractivity contribution in [1.29, 1.82) is 0 Å². The molecule has 14 heavy (non-hydrogen) atoms. The molecule has 4 N–H and O–H groups in total. The molecule has 1 aromatic rings. The lowest BCUT2D eigenvalue weighted by atomic mass is 10.0. The van der Waals surface area contributed by atoms with Gasteiger partial charge in [-0.2, -0.15) is 0 Å². The zero-order valence-electron chi connectivity index (χ0n) is 7.32.